The van der Waals surface area contributed by atoms with Gasteiger partial charge in [0.2, 0.25) is 0 Å². The molecular formula is C44H56IrN3O2. The fourth-order valence-corrected chi connectivity index (χ4v) is 7.49. The third-order valence-corrected chi connectivity index (χ3v) is 10.8. The molecule has 2 unspecified atom stereocenters. The number of aliphatic hydroxyl groups is 2. The zero-order valence-electron chi connectivity index (χ0n) is 30.8. The maximum atomic E-state index is 8.56. The van der Waals surface area contributed by atoms with Crippen molar-refractivity contribution in [3.05, 3.63) is 115 Å². The Bertz CT molecular complexity index is 1630. The summed E-state index contributed by atoms with van der Waals surface area (Å²) in [6, 6.07) is 31.9. The van der Waals surface area contributed by atoms with Crippen LogP contribution >= 0.6 is 0 Å². The Morgan fingerprint density at radius 2 is 1.54 bits per heavy atom. The van der Waals surface area contributed by atoms with Crippen LogP contribution in [0.4, 0.5) is 5.69 Å². The first-order valence-electron chi connectivity index (χ1n) is 18.2. The first-order valence-corrected chi connectivity index (χ1v) is 18.2. The molecule has 0 amide bonds. The Morgan fingerprint density at radius 3 is 2.08 bits per heavy atom. The minimum absolute atomic E-state index is 0. The molecule has 6 heteroatoms. The van der Waals surface area contributed by atoms with Crippen LogP contribution in [0.5, 0.6) is 0 Å². The molecule has 1 aromatic heterocycles. The molecule has 2 heterocycles. The van der Waals surface area contributed by atoms with Crippen LogP contribution in [0, 0.1) is 29.6 Å². The fraction of sp³-hybridized carbons (Fsp3) is 0.455. The molecule has 0 saturated heterocycles. The molecule has 4 aromatic rings. The van der Waals surface area contributed by atoms with E-state index < -0.39 is 0 Å². The van der Waals surface area contributed by atoms with Crippen molar-refractivity contribution < 1.29 is 30.3 Å². The first-order chi connectivity index (χ1) is 23.4. The molecule has 7 rings (SSSR count). The fourth-order valence-electron chi connectivity index (χ4n) is 7.49. The van der Waals surface area contributed by atoms with Gasteiger partial charge in [-0.1, -0.05) is 32.0 Å². The molecule has 0 radical (unpaired) electrons. The van der Waals surface area contributed by atoms with Gasteiger partial charge in [0.15, 0.2) is 0 Å². The Morgan fingerprint density at radius 1 is 0.880 bits per heavy atom. The van der Waals surface area contributed by atoms with Crippen LogP contribution in [-0.4, -0.2) is 39.4 Å². The summed E-state index contributed by atoms with van der Waals surface area (Å²) < 4.78 is 0. The summed E-state index contributed by atoms with van der Waals surface area (Å²) in [5.41, 5.74) is 7.18. The van der Waals surface area contributed by atoms with Crippen molar-refractivity contribution in [2.45, 2.75) is 111 Å². The summed E-state index contributed by atoms with van der Waals surface area (Å²) in [5.74, 6) is 0.702. The molecule has 2 N–H and O–H groups in total. The van der Waals surface area contributed by atoms with Crippen LogP contribution in [-0.2, 0) is 20.1 Å². The Kier molecular flexibility index (Phi) is 14.3. The molecular weight excluding hydrogens is 795 g/mol. The molecule has 3 aliphatic rings. The van der Waals surface area contributed by atoms with Crippen LogP contribution < -0.4 is 4.90 Å². The quantitative estimate of drug-likeness (QED) is 0.196. The van der Waals surface area contributed by atoms with Crippen LogP contribution in [0.3, 0.4) is 0 Å². The van der Waals surface area contributed by atoms with E-state index in [9.17, 15) is 0 Å². The number of benzene rings is 3. The van der Waals surface area contributed by atoms with E-state index >= 15 is 0 Å². The number of aliphatic hydroxyl groups excluding tert-OH is 2. The zero-order chi connectivity index (χ0) is 35.0. The van der Waals surface area contributed by atoms with Gasteiger partial charge in [-0.3, -0.25) is 0 Å². The number of hydrogen-bond donors (Lipinski definition) is 2. The first kappa shape index (κ1) is 39.8. The number of pyridine rings is 1. The Hall–Kier alpha value is -3.02. The molecule has 1 spiro atoms. The van der Waals surface area contributed by atoms with E-state index in [-0.39, 0.29) is 32.3 Å². The maximum Gasteiger partial charge on any atom is 3.00 e. The van der Waals surface area contributed by atoms with Crippen molar-refractivity contribution in [2.24, 2.45) is 10.8 Å². The molecule has 50 heavy (non-hydrogen) atoms. The monoisotopic (exact) mass is 851 g/mol. The molecule has 268 valence electrons. The third-order valence-electron chi connectivity index (χ3n) is 10.8. The van der Waals surface area contributed by atoms with E-state index in [0.29, 0.717) is 23.2 Å². The van der Waals surface area contributed by atoms with Gasteiger partial charge >= 0.3 is 20.1 Å². The number of fused-ring (bicyclic) bond motifs is 1. The van der Waals surface area contributed by atoms with Crippen molar-refractivity contribution in [1.29, 1.82) is 0 Å². The molecule has 3 aromatic carbocycles. The number of hydrogen-bond acceptors (Lipinski definition) is 5. The van der Waals surface area contributed by atoms with Gasteiger partial charge in [-0.25, -0.2) is 0 Å². The molecule has 5 nitrogen and oxygen atoms in total. The van der Waals surface area contributed by atoms with Gasteiger partial charge in [0, 0.05) is 6.20 Å². The van der Waals surface area contributed by atoms with Crippen molar-refractivity contribution in [3.63, 3.8) is 0 Å². The number of aromatic nitrogens is 1. The third kappa shape index (κ3) is 10.7. The molecule has 2 aliphatic carbocycles. The van der Waals surface area contributed by atoms with Crippen molar-refractivity contribution in [2.75, 3.05) is 11.9 Å². The van der Waals surface area contributed by atoms with Gasteiger partial charge in [0.25, 0.3) is 0 Å². The van der Waals surface area contributed by atoms with Gasteiger partial charge in [0.1, 0.15) is 0 Å². The van der Waals surface area contributed by atoms with Crippen molar-refractivity contribution in [3.8, 4) is 11.3 Å². The molecule has 1 aliphatic heterocycles. The van der Waals surface area contributed by atoms with Gasteiger partial charge in [-0.05, 0) is 142 Å². The van der Waals surface area contributed by atoms with E-state index in [1.54, 1.807) is 13.8 Å². The summed E-state index contributed by atoms with van der Waals surface area (Å²) in [4.78, 5) is 8.86. The predicted molar refractivity (Wildman–Crippen MR) is 203 cm³/mol. The Labute approximate surface area is 315 Å². The summed E-state index contributed by atoms with van der Waals surface area (Å²) >= 11 is 0. The van der Waals surface area contributed by atoms with Crippen molar-refractivity contribution >= 4 is 16.5 Å². The normalized spacial score (nSPS) is 19.3. The SMILES string of the molecule is CC(O)CC(C)O.CC1(C)CCC2(CCC(c3ccc4ccnc(-c5[c-]cccc5)c4c3)CC2)CC1.CC1=CN(c2[c-]cccc2)[CH-]N1C.[Ir+3]. The second-order valence-corrected chi connectivity index (χ2v) is 15.4. The van der Waals surface area contributed by atoms with Gasteiger partial charge < -0.3 is 25.0 Å². The molecule has 2 saturated carbocycles. The number of anilines is 1. The molecule has 2 fully saturated rings. The standard InChI is InChI=1S/C28H32N.C11H12N2.C5H12O2.Ir/c1-27(2)15-17-28(18-16-27)13-10-21(11-14-28)24-9-8-22-12-19-29-26(25(22)20-24)23-6-4-3-5-7-23;1-10-8-13(9-12(10)2)11-6-4-3-5-7-11;1-4(6)3-5(2)7;/h3-6,8-9,12,19-21H,10-11,13-18H2,1-2H3;3-6,8-9H,1-2H3;4-7H,3H2,1-2H3;/q-1;-2;;+3. The number of rotatable bonds is 5. The second-order valence-electron chi connectivity index (χ2n) is 15.4. The summed E-state index contributed by atoms with van der Waals surface area (Å²) in [5, 5.41) is 19.7. The summed E-state index contributed by atoms with van der Waals surface area (Å²) in [6.07, 6.45) is 15.0. The Balaban J connectivity index is 0.000000221. The summed E-state index contributed by atoms with van der Waals surface area (Å²) in [7, 11) is 2.04. The molecule has 0 bridgehead atoms. The average molecular weight is 851 g/mol. The smallest absolute Gasteiger partial charge is 0.508 e. The van der Waals surface area contributed by atoms with Crippen molar-refractivity contribution in [1.82, 2.24) is 9.88 Å². The number of allylic oxidation sites excluding steroid dienone is 1. The topological polar surface area (TPSA) is 59.8 Å². The van der Waals surface area contributed by atoms with Gasteiger partial charge in [-0.2, -0.15) is 37.0 Å². The number of para-hydroxylation sites is 1. The minimum atomic E-state index is -0.375. The van der Waals surface area contributed by atoms with Crippen LogP contribution in [0.25, 0.3) is 22.0 Å². The average Bonchev–Trinajstić information content (AvgIpc) is 3.44. The maximum absolute atomic E-state index is 8.56. The minimum Gasteiger partial charge on any atom is -0.508 e. The van der Waals surface area contributed by atoms with E-state index in [1.807, 2.05) is 56.3 Å². The van der Waals surface area contributed by atoms with E-state index in [1.165, 1.54) is 73.4 Å². The number of nitrogens with zero attached hydrogens (tertiary/aromatic N) is 3. The van der Waals surface area contributed by atoms with Gasteiger partial charge in [-0.15, -0.1) is 41.6 Å². The van der Waals surface area contributed by atoms with Crippen LogP contribution in [0.1, 0.15) is 104 Å². The zero-order valence-corrected chi connectivity index (χ0v) is 33.2. The summed E-state index contributed by atoms with van der Waals surface area (Å²) in [6.45, 7) is 12.4. The van der Waals surface area contributed by atoms with Gasteiger partial charge in [0.05, 0.1) is 12.2 Å². The predicted octanol–water partition coefficient (Wildman–Crippen LogP) is 10.3. The van der Waals surface area contributed by atoms with E-state index in [2.05, 4.69) is 85.3 Å². The molecule has 2 atom stereocenters. The van der Waals surface area contributed by atoms with E-state index in [0.717, 1.165) is 16.9 Å². The van der Waals surface area contributed by atoms with E-state index in [4.69, 9.17) is 15.2 Å². The largest absolute Gasteiger partial charge is 3.00 e. The second kappa shape index (κ2) is 18.0. The van der Waals surface area contributed by atoms with Crippen LogP contribution in [0.2, 0.25) is 0 Å². The van der Waals surface area contributed by atoms with Crippen LogP contribution in [0.15, 0.2) is 90.9 Å².